The van der Waals surface area contributed by atoms with Crippen molar-refractivity contribution in [2.75, 3.05) is 5.32 Å². The first-order chi connectivity index (χ1) is 10.3. The number of nitrogens with two attached hydrogens (primary N) is 1. The van der Waals surface area contributed by atoms with Crippen LogP contribution in [0.4, 0.5) is 10.1 Å². The fraction of sp³-hybridized carbons (Fsp3) is 0.0714. The van der Waals surface area contributed by atoms with Gasteiger partial charge in [-0.25, -0.2) is 17.9 Å². The van der Waals surface area contributed by atoms with E-state index in [4.69, 9.17) is 17.4 Å². The summed E-state index contributed by atoms with van der Waals surface area (Å²) in [6, 6.07) is 12.1. The molecular weight excluding hydrogens is 325 g/mol. The summed E-state index contributed by atoms with van der Waals surface area (Å²) in [4.78, 5) is 0.0525. The maximum absolute atomic E-state index is 13.0. The molecule has 0 spiro atoms. The molecule has 0 aliphatic rings. The van der Waals surface area contributed by atoms with Crippen LogP contribution < -0.4 is 15.8 Å². The van der Waals surface area contributed by atoms with Gasteiger partial charge in [0.05, 0.1) is 4.90 Å². The number of nitrogens with one attached hydrogen (secondary N) is 2. The molecule has 0 amide bonds. The summed E-state index contributed by atoms with van der Waals surface area (Å²) in [5, 5.41) is 11.2. The Bertz CT molecular complexity index is 777. The summed E-state index contributed by atoms with van der Waals surface area (Å²) in [5.41, 5.74) is 1.37. The van der Waals surface area contributed by atoms with E-state index in [1.807, 2.05) is 0 Å². The van der Waals surface area contributed by atoms with Crippen LogP contribution in [0.2, 0.25) is 0 Å². The Hall–Kier alpha value is -2.03. The second kappa shape index (κ2) is 6.82. The zero-order valence-corrected chi connectivity index (χ0v) is 13.0. The van der Waals surface area contributed by atoms with Crippen LogP contribution in [0.15, 0.2) is 53.4 Å². The lowest BCUT2D eigenvalue weighted by atomic mass is 10.2. The Labute approximate surface area is 133 Å². The molecular formula is C14H14FN3O2S2. The molecule has 0 radical (unpaired) electrons. The average Bonchev–Trinajstić information content (AvgIpc) is 2.45. The molecule has 116 valence electrons. The number of sulfonamides is 1. The third-order valence-electron chi connectivity index (χ3n) is 2.79. The van der Waals surface area contributed by atoms with Gasteiger partial charge in [-0.1, -0.05) is 18.2 Å². The summed E-state index contributed by atoms with van der Waals surface area (Å²) < 4.78 is 35.3. The van der Waals surface area contributed by atoms with Gasteiger partial charge in [-0.3, -0.25) is 0 Å². The van der Waals surface area contributed by atoms with Gasteiger partial charge in [-0.15, -0.1) is 0 Å². The van der Waals surface area contributed by atoms with Gasteiger partial charge < -0.3 is 10.6 Å². The van der Waals surface area contributed by atoms with Crippen molar-refractivity contribution in [2.45, 2.75) is 11.4 Å². The van der Waals surface area contributed by atoms with Gasteiger partial charge in [0, 0.05) is 12.2 Å². The standard InChI is InChI=1S/C14H14FN3O2S2/c15-11-2-1-3-12(8-11)18-14(21)17-9-10-4-6-13(7-5-10)22(16,19)20/h1-8H,9H2,(H2,16,19,20)(H2,17,18,21). The Morgan fingerprint density at radius 2 is 1.86 bits per heavy atom. The molecule has 0 unspecified atom stereocenters. The fourth-order valence-electron chi connectivity index (χ4n) is 1.72. The quantitative estimate of drug-likeness (QED) is 0.742. The summed E-state index contributed by atoms with van der Waals surface area (Å²) in [7, 11) is -3.69. The number of primary sulfonamides is 1. The van der Waals surface area contributed by atoms with Crippen LogP contribution in [0, 0.1) is 5.82 Å². The van der Waals surface area contributed by atoms with Crippen molar-refractivity contribution in [3.63, 3.8) is 0 Å². The highest BCUT2D eigenvalue weighted by Crippen LogP contribution is 2.10. The predicted octanol–water partition coefficient (Wildman–Crippen LogP) is 1.96. The first-order valence-corrected chi connectivity index (χ1v) is 8.22. The summed E-state index contributed by atoms with van der Waals surface area (Å²) >= 11 is 5.10. The van der Waals surface area contributed by atoms with E-state index in [9.17, 15) is 12.8 Å². The van der Waals surface area contributed by atoms with Crippen molar-refractivity contribution in [2.24, 2.45) is 5.14 Å². The molecule has 2 rings (SSSR count). The Morgan fingerprint density at radius 1 is 1.18 bits per heavy atom. The van der Waals surface area contributed by atoms with Crippen LogP contribution >= 0.6 is 12.2 Å². The normalized spacial score (nSPS) is 11.0. The van der Waals surface area contributed by atoms with E-state index in [2.05, 4.69) is 10.6 Å². The third-order valence-corrected chi connectivity index (χ3v) is 3.96. The molecule has 0 bridgehead atoms. The molecule has 8 heteroatoms. The summed E-state index contributed by atoms with van der Waals surface area (Å²) in [6.45, 7) is 0.395. The van der Waals surface area contributed by atoms with Gasteiger partial charge in [0.15, 0.2) is 5.11 Å². The molecule has 0 aromatic heterocycles. The smallest absolute Gasteiger partial charge is 0.238 e. The molecule has 0 heterocycles. The maximum atomic E-state index is 13.0. The van der Waals surface area contributed by atoms with Crippen molar-refractivity contribution in [3.8, 4) is 0 Å². The SMILES string of the molecule is NS(=O)(=O)c1ccc(CNC(=S)Nc2cccc(F)c2)cc1. The molecule has 0 atom stereocenters. The van der Waals surface area contributed by atoms with E-state index >= 15 is 0 Å². The van der Waals surface area contributed by atoms with Crippen molar-refractivity contribution in [1.29, 1.82) is 0 Å². The van der Waals surface area contributed by atoms with Crippen LogP contribution in [-0.4, -0.2) is 13.5 Å². The molecule has 5 nitrogen and oxygen atoms in total. The van der Waals surface area contributed by atoms with E-state index < -0.39 is 10.0 Å². The molecule has 0 aliphatic carbocycles. The van der Waals surface area contributed by atoms with Gasteiger partial charge in [0.2, 0.25) is 10.0 Å². The molecule has 0 aliphatic heterocycles. The monoisotopic (exact) mass is 339 g/mol. The van der Waals surface area contributed by atoms with Gasteiger partial charge in [0.25, 0.3) is 0 Å². The Balaban J connectivity index is 1.91. The lowest BCUT2D eigenvalue weighted by Crippen LogP contribution is -2.27. The van der Waals surface area contributed by atoms with E-state index in [0.29, 0.717) is 17.3 Å². The van der Waals surface area contributed by atoms with Gasteiger partial charge in [-0.2, -0.15) is 0 Å². The Morgan fingerprint density at radius 3 is 2.45 bits per heavy atom. The van der Waals surface area contributed by atoms with Crippen LogP contribution in [0.25, 0.3) is 0 Å². The lowest BCUT2D eigenvalue weighted by Gasteiger charge is -2.11. The Kier molecular flexibility index (Phi) is 5.07. The fourth-order valence-corrected chi connectivity index (χ4v) is 2.43. The minimum absolute atomic E-state index is 0.0525. The second-order valence-electron chi connectivity index (χ2n) is 4.51. The summed E-state index contributed by atoms with van der Waals surface area (Å²) in [5.74, 6) is -0.355. The minimum Gasteiger partial charge on any atom is -0.358 e. The van der Waals surface area contributed by atoms with E-state index in [1.165, 1.54) is 24.3 Å². The zero-order valence-electron chi connectivity index (χ0n) is 11.4. The number of halogens is 1. The molecule has 0 fully saturated rings. The number of hydrogen-bond donors (Lipinski definition) is 3. The summed E-state index contributed by atoms with van der Waals surface area (Å²) in [6.07, 6.45) is 0. The van der Waals surface area contributed by atoms with Crippen molar-refractivity contribution in [3.05, 3.63) is 59.9 Å². The highest BCUT2D eigenvalue weighted by molar-refractivity contribution is 7.89. The van der Waals surface area contributed by atoms with Crippen molar-refractivity contribution >= 4 is 33.0 Å². The second-order valence-corrected chi connectivity index (χ2v) is 6.48. The molecule has 0 saturated heterocycles. The van der Waals surface area contributed by atoms with Crippen LogP contribution in [0.3, 0.4) is 0 Å². The topological polar surface area (TPSA) is 84.2 Å². The average molecular weight is 339 g/mol. The number of anilines is 1. The van der Waals surface area contributed by atoms with Gasteiger partial charge in [0.1, 0.15) is 5.82 Å². The number of thiocarbonyl (C=S) groups is 1. The van der Waals surface area contributed by atoms with Crippen LogP contribution in [0.5, 0.6) is 0 Å². The first-order valence-electron chi connectivity index (χ1n) is 6.27. The molecule has 22 heavy (non-hydrogen) atoms. The highest BCUT2D eigenvalue weighted by atomic mass is 32.2. The zero-order chi connectivity index (χ0) is 16.2. The largest absolute Gasteiger partial charge is 0.358 e. The van der Waals surface area contributed by atoms with E-state index in [0.717, 1.165) is 5.56 Å². The van der Waals surface area contributed by atoms with Gasteiger partial charge >= 0.3 is 0 Å². The number of rotatable bonds is 4. The third kappa shape index (κ3) is 4.76. The minimum atomic E-state index is -3.69. The number of benzene rings is 2. The van der Waals surface area contributed by atoms with Crippen LogP contribution in [0.1, 0.15) is 5.56 Å². The maximum Gasteiger partial charge on any atom is 0.238 e. The van der Waals surface area contributed by atoms with Crippen LogP contribution in [-0.2, 0) is 16.6 Å². The van der Waals surface area contributed by atoms with E-state index in [-0.39, 0.29) is 10.7 Å². The molecule has 4 N–H and O–H groups in total. The predicted molar refractivity (Wildman–Crippen MR) is 87.3 cm³/mol. The molecule has 2 aromatic rings. The molecule has 0 saturated carbocycles. The number of hydrogen-bond acceptors (Lipinski definition) is 3. The molecule has 2 aromatic carbocycles. The van der Waals surface area contributed by atoms with Gasteiger partial charge in [-0.05, 0) is 48.1 Å². The highest BCUT2D eigenvalue weighted by Gasteiger charge is 2.06. The van der Waals surface area contributed by atoms with Crippen molar-refractivity contribution < 1.29 is 12.8 Å². The lowest BCUT2D eigenvalue weighted by molar-refractivity contribution is 0.597. The first kappa shape index (κ1) is 16.3. The van der Waals surface area contributed by atoms with Crippen molar-refractivity contribution in [1.82, 2.24) is 5.32 Å². The van der Waals surface area contributed by atoms with E-state index in [1.54, 1.807) is 24.3 Å².